The number of imide groups is 1. The van der Waals surface area contributed by atoms with Crippen LogP contribution in [0.25, 0.3) is 0 Å². The predicted octanol–water partition coefficient (Wildman–Crippen LogP) is -0.0940. The van der Waals surface area contributed by atoms with E-state index in [2.05, 4.69) is 34.7 Å². The zero-order valence-corrected chi connectivity index (χ0v) is 11.3. The van der Waals surface area contributed by atoms with E-state index in [1.165, 1.54) is 0 Å². The summed E-state index contributed by atoms with van der Waals surface area (Å²) in [5.74, 6) is -0.238. The Balaban J connectivity index is 2.18. The first kappa shape index (κ1) is 14.9. The molecule has 18 heavy (non-hydrogen) atoms. The van der Waals surface area contributed by atoms with Crippen molar-refractivity contribution < 1.29 is 9.59 Å². The first-order valence-corrected chi connectivity index (χ1v) is 6.65. The lowest BCUT2D eigenvalue weighted by atomic mass is 10.2. The van der Waals surface area contributed by atoms with E-state index in [0.29, 0.717) is 12.6 Å². The standard InChI is InChI=1S/C12H24N4O2/c1-3-4-5-14-12(18)15-11(17)9-16-7-6-13-10(2)8-16/h10,13H,3-9H2,1-2H3,(H2,14,15,17,18)/t10-/m1/s1. The summed E-state index contributed by atoms with van der Waals surface area (Å²) in [5.41, 5.74) is 0. The van der Waals surface area contributed by atoms with Crippen molar-refractivity contribution in [3.05, 3.63) is 0 Å². The first-order valence-electron chi connectivity index (χ1n) is 6.65. The fourth-order valence-electron chi connectivity index (χ4n) is 1.95. The number of hydrogen-bond acceptors (Lipinski definition) is 4. The molecule has 0 aromatic rings. The van der Waals surface area contributed by atoms with Crippen molar-refractivity contribution >= 4 is 11.9 Å². The third-order valence-electron chi connectivity index (χ3n) is 2.89. The maximum Gasteiger partial charge on any atom is 0.321 e. The Labute approximate surface area is 108 Å². The average molecular weight is 256 g/mol. The SMILES string of the molecule is CCCCNC(=O)NC(=O)CN1CCN[C@H](C)C1. The van der Waals surface area contributed by atoms with Crippen LogP contribution in [0.5, 0.6) is 0 Å². The summed E-state index contributed by atoms with van der Waals surface area (Å²) in [6.07, 6.45) is 1.95. The monoisotopic (exact) mass is 256 g/mol. The number of hydrogen-bond donors (Lipinski definition) is 3. The van der Waals surface area contributed by atoms with Crippen molar-refractivity contribution in [2.45, 2.75) is 32.7 Å². The van der Waals surface area contributed by atoms with Crippen LogP contribution < -0.4 is 16.0 Å². The molecule has 1 aliphatic heterocycles. The molecule has 1 heterocycles. The van der Waals surface area contributed by atoms with E-state index in [1.807, 2.05) is 0 Å². The number of amides is 3. The van der Waals surface area contributed by atoms with Crippen LogP contribution in [0.15, 0.2) is 0 Å². The molecule has 1 aliphatic rings. The summed E-state index contributed by atoms with van der Waals surface area (Å²) in [4.78, 5) is 25.0. The van der Waals surface area contributed by atoms with Gasteiger partial charge in [0.1, 0.15) is 0 Å². The number of rotatable bonds is 5. The van der Waals surface area contributed by atoms with Crippen molar-refractivity contribution in [1.82, 2.24) is 20.9 Å². The number of urea groups is 1. The van der Waals surface area contributed by atoms with Crippen LogP contribution in [0.2, 0.25) is 0 Å². The van der Waals surface area contributed by atoms with Gasteiger partial charge in [0.15, 0.2) is 0 Å². The van der Waals surface area contributed by atoms with Gasteiger partial charge in [0.05, 0.1) is 6.54 Å². The predicted molar refractivity (Wildman–Crippen MR) is 70.4 cm³/mol. The number of carbonyl (C=O) groups is 2. The summed E-state index contributed by atoms with van der Waals surface area (Å²) in [6, 6.07) is 0.00145. The van der Waals surface area contributed by atoms with Gasteiger partial charge in [-0.2, -0.15) is 0 Å². The molecule has 1 saturated heterocycles. The maximum atomic E-state index is 11.6. The normalized spacial score (nSPS) is 20.4. The molecule has 6 nitrogen and oxygen atoms in total. The zero-order chi connectivity index (χ0) is 13.4. The van der Waals surface area contributed by atoms with Crippen LogP contribution in [0, 0.1) is 0 Å². The number of piperazine rings is 1. The second-order valence-electron chi connectivity index (χ2n) is 4.75. The third-order valence-corrected chi connectivity index (χ3v) is 2.89. The van der Waals surface area contributed by atoms with E-state index >= 15 is 0 Å². The Hall–Kier alpha value is -1.14. The minimum Gasteiger partial charge on any atom is -0.338 e. The minimum atomic E-state index is -0.392. The summed E-state index contributed by atoms with van der Waals surface area (Å²) in [7, 11) is 0. The number of nitrogens with one attached hydrogen (secondary N) is 3. The van der Waals surface area contributed by atoms with E-state index in [0.717, 1.165) is 32.5 Å². The summed E-state index contributed by atoms with van der Waals surface area (Å²) in [5, 5.41) is 8.32. The van der Waals surface area contributed by atoms with Crippen molar-refractivity contribution in [1.29, 1.82) is 0 Å². The maximum absolute atomic E-state index is 11.6. The highest BCUT2D eigenvalue weighted by atomic mass is 16.2. The Morgan fingerprint density at radius 1 is 1.44 bits per heavy atom. The summed E-state index contributed by atoms with van der Waals surface area (Å²) >= 11 is 0. The van der Waals surface area contributed by atoms with Gasteiger partial charge in [-0.1, -0.05) is 13.3 Å². The molecule has 0 aromatic heterocycles. The third kappa shape index (κ3) is 5.97. The van der Waals surface area contributed by atoms with Crippen molar-refractivity contribution in [2.24, 2.45) is 0 Å². The lowest BCUT2D eigenvalue weighted by Crippen LogP contribution is -2.53. The topological polar surface area (TPSA) is 73.5 Å². The Bertz CT molecular complexity index is 283. The van der Waals surface area contributed by atoms with Gasteiger partial charge >= 0.3 is 6.03 Å². The molecule has 0 bridgehead atoms. The summed E-state index contributed by atoms with van der Waals surface area (Å²) < 4.78 is 0. The molecule has 3 N–H and O–H groups in total. The molecule has 104 valence electrons. The van der Waals surface area contributed by atoms with Crippen molar-refractivity contribution in [3.63, 3.8) is 0 Å². The number of unbranched alkanes of at least 4 members (excludes halogenated alkanes) is 1. The zero-order valence-electron chi connectivity index (χ0n) is 11.3. The molecule has 0 spiro atoms. The molecule has 0 unspecified atom stereocenters. The second-order valence-corrected chi connectivity index (χ2v) is 4.75. The first-order chi connectivity index (χ1) is 8.61. The smallest absolute Gasteiger partial charge is 0.321 e. The fourth-order valence-corrected chi connectivity index (χ4v) is 1.95. The van der Waals surface area contributed by atoms with Crippen LogP contribution in [-0.4, -0.2) is 55.6 Å². The van der Waals surface area contributed by atoms with Crippen LogP contribution >= 0.6 is 0 Å². The van der Waals surface area contributed by atoms with E-state index in [1.54, 1.807) is 0 Å². The van der Waals surface area contributed by atoms with Gasteiger partial charge in [0, 0.05) is 32.2 Å². The van der Waals surface area contributed by atoms with Gasteiger partial charge in [-0.25, -0.2) is 4.79 Å². The van der Waals surface area contributed by atoms with Crippen LogP contribution in [0.4, 0.5) is 4.79 Å². The van der Waals surface area contributed by atoms with Gasteiger partial charge in [-0.05, 0) is 13.3 Å². The molecule has 0 aromatic carbocycles. The highest BCUT2D eigenvalue weighted by Crippen LogP contribution is 1.97. The quantitative estimate of drug-likeness (QED) is 0.601. The van der Waals surface area contributed by atoms with Crippen molar-refractivity contribution in [2.75, 3.05) is 32.7 Å². The largest absolute Gasteiger partial charge is 0.338 e. The highest BCUT2D eigenvalue weighted by Gasteiger charge is 2.18. The highest BCUT2D eigenvalue weighted by molar-refractivity contribution is 5.95. The number of carbonyl (C=O) groups excluding carboxylic acids is 2. The summed E-state index contributed by atoms with van der Waals surface area (Å²) in [6.45, 7) is 7.60. The van der Waals surface area contributed by atoms with E-state index in [9.17, 15) is 9.59 Å². The lowest BCUT2D eigenvalue weighted by Gasteiger charge is -2.31. The molecular weight excluding hydrogens is 232 g/mol. The molecule has 0 radical (unpaired) electrons. The molecular formula is C12H24N4O2. The van der Waals surface area contributed by atoms with E-state index < -0.39 is 6.03 Å². The van der Waals surface area contributed by atoms with Gasteiger partial charge in [-0.15, -0.1) is 0 Å². The molecule has 3 amide bonds. The van der Waals surface area contributed by atoms with Gasteiger partial charge < -0.3 is 10.6 Å². The van der Waals surface area contributed by atoms with E-state index in [-0.39, 0.29) is 12.5 Å². The van der Waals surface area contributed by atoms with Crippen LogP contribution in [-0.2, 0) is 4.79 Å². The Morgan fingerprint density at radius 3 is 2.89 bits per heavy atom. The van der Waals surface area contributed by atoms with Gasteiger partial charge in [0.2, 0.25) is 5.91 Å². The molecule has 6 heteroatoms. The molecule has 1 fully saturated rings. The lowest BCUT2D eigenvalue weighted by molar-refractivity contribution is -0.121. The minimum absolute atomic E-state index is 0.238. The Kier molecular flexibility index (Phi) is 6.67. The van der Waals surface area contributed by atoms with Gasteiger partial charge in [-0.3, -0.25) is 15.0 Å². The Morgan fingerprint density at radius 2 is 2.22 bits per heavy atom. The fraction of sp³-hybridized carbons (Fsp3) is 0.833. The molecule has 0 aliphatic carbocycles. The molecule has 1 atom stereocenters. The van der Waals surface area contributed by atoms with Crippen LogP contribution in [0.3, 0.4) is 0 Å². The second kappa shape index (κ2) is 8.05. The van der Waals surface area contributed by atoms with Crippen LogP contribution in [0.1, 0.15) is 26.7 Å². The van der Waals surface area contributed by atoms with E-state index in [4.69, 9.17) is 0 Å². The number of nitrogens with zero attached hydrogens (tertiary/aromatic N) is 1. The van der Waals surface area contributed by atoms with Gasteiger partial charge in [0.25, 0.3) is 0 Å². The average Bonchev–Trinajstić information content (AvgIpc) is 2.29. The molecule has 1 rings (SSSR count). The van der Waals surface area contributed by atoms with Crippen molar-refractivity contribution in [3.8, 4) is 0 Å². The molecule has 0 saturated carbocycles.